The van der Waals surface area contributed by atoms with Crippen LogP contribution >= 0.6 is 0 Å². The molecule has 0 unspecified atom stereocenters. The first-order chi connectivity index (χ1) is 11.0. The summed E-state index contributed by atoms with van der Waals surface area (Å²) in [6.07, 6.45) is 6.18. The number of rotatable bonds is 5. The monoisotopic (exact) mass is 318 g/mol. The number of non-ortho nitro benzene ring substituents is 1. The van der Waals surface area contributed by atoms with Crippen LogP contribution in [0.2, 0.25) is 0 Å². The highest BCUT2D eigenvalue weighted by Gasteiger charge is 2.30. The largest absolute Gasteiger partial charge is 0.380 e. The van der Waals surface area contributed by atoms with Gasteiger partial charge in [-0.15, -0.1) is 0 Å². The fourth-order valence-corrected chi connectivity index (χ4v) is 3.70. The number of benzene rings is 1. The lowest BCUT2D eigenvalue weighted by molar-refractivity contribution is -0.384. The minimum atomic E-state index is -0.651. The fraction of sp³-hybridized carbons (Fsp3) is 0.562. The predicted molar refractivity (Wildman–Crippen MR) is 87.5 cm³/mol. The van der Waals surface area contributed by atoms with Crippen molar-refractivity contribution in [2.45, 2.75) is 44.2 Å². The highest BCUT2D eigenvalue weighted by Crippen LogP contribution is 2.29. The van der Waals surface area contributed by atoms with Gasteiger partial charge in [-0.2, -0.15) is 0 Å². The second-order valence-electron chi connectivity index (χ2n) is 6.41. The number of hydrogen-bond acceptors (Lipinski definition) is 5. The van der Waals surface area contributed by atoms with Crippen molar-refractivity contribution < 1.29 is 9.72 Å². The molecule has 7 heteroatoms. The van der Waals surface area contributed by atoms with Gasteiger partial charge in [0.25, 0.3) is 11.6 Å². The van der Waals surface area contributed by atoms with Crippen molar-refractivity contribution in [1.82, 2.24) is 4.90 Å². The molecule has 23 heavy (non-hydrogen) atoms. The van der Waals surface area contributed by atoms with E-state index in [9.17, 15) is 14.9 Å². The van der Waals surface area contributed by atoms with Crippen molar-refractivity contribution in [2.75, 3.05) is 18.4 Å². The van der Waals surface area contributed by atoms with E-state index in [0.717, 1.165) is 19.5 Å². The molecule has 1 aliphatic heterocycles. The van der Waals surface area contributed by atoms with Gasteiger partial charge >= 0.3 is 0 Å². The number of hydrogen-bond donors (Lipinski definition) is 2. The quantitative estimate of drug-likeness (QED) is 0.639. The zero-order valence-corrected chi connectivity index (χ0v) is 13.0. The molecule has 3 N–H and O–H groups in total. The van der Waals surface area contributed by atoms with Gasteiger partial charge in [-0.25, -0.2) is 0 Å². The lowest BCUT2D eigenvalue weighted by Crippen LogP contribution is -2.33. The van der Waals surface area contributed by atoms with E-state index in [2.05, 4.69) is 10.2 Å². The lowest BCUT2D eigenvalue weighted by Gasteiger charge is -2.24. The third kappa shape index (κ3) is 3.44. The standard InChI is InChI=1S/C16H22N4O3/c17-16(21)14-9-13(20(22)23)5-6-15(14)18-11-7-8-19(10-11)12-3-1-2-4-12/h5-6,9,11-12,18H,1-4,7-8,10H2,(H2,17,21)/t11-/m1/s1. The van der Waals surface area contributed by atoms with E-state index in [4.69, 9.17) is 5.73 Å². The average Bonchev–Trinajstić information content (AvgIpc) is 3.17. The van der Waals surface area contributed by atoms with Gasteiger partial charge in [-0.1, -0.05) is 12.8 Å². The highest BCUT2D eigenvalue weighted by atomic mass is 16.6. The minimum absolute atomic E-state index is 0.122. The zero-order chi connectivity index (χ0) is 16.4. The topological polar surface area (TPSA) is 102 Å². The number of nitro benzene ring substituents is 1. The number of likely N-dealkylation sites (tertiary alicyclic amines) is 1. The van der Waals surface area contributed by atoms with Gasteiger partial charge in [-0.3, -0.25) is 19.8 Å². The van der Waals surface area contributed by atoms with Crippen LogP contribution in [0, 0.1) is 10.1 Å². The van der Waals surface area contributed by atoms with Crippen LogP contribution in [0.3, 0.4) is 0 Å². The Balaban J connectivity index is 1.70. The number of amides is 1. The molecule has 3 rings (SSSR count). The number of nitrogens with zero attached hydrogens (tertiary/aromatic N) is 2. The molecule has 1 atom stereocenters. The molecule has 0 aromatic heterocycles. The molecule has 124 valence electrons. The lowest BCUT2D eigenvalue weighted by atomic mass is 10.1. The molecule has 0 spiro atoms. The molecule has 1 saturated carbocycles. The van der Waals surface area contributed by atoms with E-state index >= 15 is 0 Å². The summed E-state index contributed by atoms with van der Waals surface area (Å²) >= 11 is 0. The Bertz CT molecular complexity index is 613. The van der Waals surface area contributed by atoms with Gasteiger partial charge in [0.2, 0.25) is 0 Å². The summed E-state index contributed by atoms with van der Waals surface area (Å²) in [5, 5.41) is 14.2. The van der Waals surface area contributed by atoms with Crippen LogP contribution in [-0.2, 0) is 0 Å². The summed E-state index contributed by atoms with van der Waals surface area (Å²) in [5.74, 6) is -0.651. The van der Waals surface area contributed by atoms with Crippen molar-refractivity contribution in [2.24, 2.45) is 5.73 Å². The van der Waals surface area contributed by atoms with Crippen LogP contribution in [0.15, 0.2) is 18.2 Å². The molecule has 0 radical (unpaired) electrons. The first-order valence-electron chi connectivity index (χ1n) is 8.13. The normalized spacial score (nSPS) is 22.3. The number of nitrogens with two attached hydrogens (primary N) is 1. The third-order valence-electron chi connectivity index (χ3n) is 4.90. The first-order valence-corrected chi connectivity index (χ1v) is 8.13. The number of carbonyl (C=O) groups excluding carboxylic acids is 1. The van der Waals surface area contributed by atoms with E-state index < -0.39 is 10.8 Å². The molecule has 0 bridgehead atoms. The summed E-state index contributed by atoms with van der Waals surface area (Å²) in [7, 11) is 0. The van der Waals surface area contributed by atoms with E-state index in [1.165, 1.54) is 37.8 Å². The van der Waals surface area contributed by atoms with Gasteiger partial charge in [0.15, 0.2) is 0 Å². The van der Waals surface area contributed by atoms with Crippen molar-refractivity contribution in [3.8, 4) is 0 Å². The van der Waals surface area contributed by atoms with Gasteiger partial charge in [0.1, 0.15) is 0 Å². The van der Waals surface area contributed by atoms with Crippen LogP contribution in [0.5, 0.6) is 0 Å². The summed E-state index contributed by atoms with van der Waals surface area (Å²) in [6, 6.07) is 5.16. The average molecular weight is 318 g/mol. The Kier molecular flexibility index (Phi) is 4.47. The second-order valence-corrected chi connectivity index (χ2v) is 6.41. The molecule has 7 nitrogen and oxygen atoms in total. The molecule has 1 saturated heterocycles. The molecule has 1 aromatic carbocycles. The molecule has 2 aliphatic rings. The molecule has 1 aromatic rings. The molecular weight excluding hydrogens is 296 g/mol. The smallest absolute Gasteiger partial charge is 0.270 e. The number of nitro groups is 1. The fourth-order valence-electron chi connectivity index (χ4n) is 3.70. The zero-order valence-electron chi connectivity index (χ0n) is 13.0. The maximum atomic E-state index is 11.6. The Morgan fingerprint density at radius 2 is 2.04 bits per heavy atom. The van der Waals surface area contributed by atoms with E-state index in [-0.39, 0.29) is 17.3 Å². The summed E-state index contributed by atoms with van der Waals surface area (Å²) < 4.78 is 0. The van der Waals surface area contributed by atoms with E-state index in [1.807, 2.05) is 0 Å². The summed E-state index contributed by atoms with van der Waals surface area (Å²) in [6.45, 7) is 2.00. The molecule has 2 fully saturated rings. The van der Waals surface area contributed by atoms with Gasteiger partial charge in [0.05, 0.1) is 10.5 Å². The van der Waals surface area contributed by atoms with Crippen molar-refractivity contribution in [3.63, 3.8) is 0 Å². The van der Waals surface area contributed by atoms with Crippen LogP contribution < -0.4 is 11.1 Å². The maximum absolute atomic E-state index is 11.6. The number of primary amides is 1. The van der Waals surface area contributed by atoms with Crippen LogP contribution in [0.4, 0.5) is 11.4 Å². The number of nitrogens with one attached hydrogen (secondary N) is 1. The van der Waals surface area contributed by atoms with Crippen LogP contribution in [0.1, 0.15) is 42.5 Å². The van der Waals surface area contributed by atoms with Crippen molar-refractivity contribution >= 4 is 17.3 Å². The van der Waals surface area contributed by atoms with Gasteiger partial charge in [0, 0.05) is 43.0 Å². The maximum Gasteiger partial charge on any atom is 0.270 e. The van der Waals surface area contributed by atoms with Crippen LogP contribution in [-0.4, -0.2) is 40.9 Å². The van der Waals surface area contributed by atoms with E-state index in [0.29, 0.717) is 11.7 Å². The number of carbonyl (C=O) groups is 1. The third-order valence-corrected chi connectivity index (χ3v) is 4.90. The minimum Gasteiger partial charge on any atom is -0.380 e. The highest BCUT2D eigenvalue weighted by molar-refractivity contribution is 5.99. The SMILES string of the molecule is NC(=O)c1cc([N+](=O)[O-])ccc1N[C@@H]1CCN(C2CCCC2)C1. The Morgan fingerprint density at radius 3 is 2.70 bits per heavy atom. The molecular formula is C16H22N4O3. The van der Waals surface area contributed by atoms with E-state index in [1.54, 1.807) is 6.07 Å². The van der Waals surface area contributed by atoms with Gasteiger partial charge in [-0.05, 0) is 25.3 Å². The van der Waals surface area contributed by atoms with Gasteiger partial charge < -0.3 is 11.1 Å². The van der Waals surface area contributed by atoms with Crippen LogP contribution in [0.25, 0.3) is 0 Å². The molecule has 1 amide bonds. The predicted octanol–water partition coefficient (Wildman–Crippen LogP) is 2.12. The Hall–Kier alpha value is -2.15. The summed E-state index contributed by atoms with van der Waals surface area (Å²) in [4.78, 5) is 24.4. The summed E-state index contributed by atoms with van der Waals surface area (Å²) in [5.41, 5.74) is 6.01. The Labute approximate surface area is 135 Å². The van der Waals surface area contributed by atoms with Crippen molar-refractivity contribution in [3.05, 3.63) is 33.9 Å². The molecule has 1 aliphatic carbocycles. The van der Waals surface area contributed by atoms with Crippen molar-refractivity contribution in [1.29, 1.82) is 0 Å². The second kappa shape index (κ2) is 6.54. The first kappa shape index (κ1) is 15.7. The Morgan fingerprint density at radius 1 is 1.30 bits per heavy atom. The molecule has 1 heterocycles. The number of anilines is 1.